The number of hydrogen-bond donors (Lipinski definition) is 2. The maximum absolute atomic E-state index is 12.1. The third-order valence-corrected chi connectivity index (χ3v) is 3.05. The molecule has 1 aliphatic heterocycles. The number of carbonyl (C=O) groups excluding carboxylic acids is 4. The van der Waals surface area contributed by atoms with Gasteiger partial charge in [0, 0.05) is 0 Å². The largest absolute Gasteiger partial charge is 0.484 e. The molecule has 1 aliphatic rings. The summed E-state index contributed by atoms with van der Waals surface area (Å²) < 4.78 is 9.55. The molecule has 1 aromatic carbocycles. The third-order valence-electron chi connectivity index (χ3n) is 3.05. The van der Waals surface area contributed by atoms with Crippen molar-refractivity contribution in [2.24, 2.45) is 5.73 Å². The lowest BCUT2D eigenvalue weighted by Crippen LogP contribution is -2.36. The number of benzene rings is 1. The number of nitrogens with zero attached hydrogens (tertiary/aromatic N) is 1. The first-order chi connectivity index (χ1) is 11.4. The van der Waals surface area contributed by atoms with Crippen LogP contribution in [0.15, 0.2) is 30.0 Å². The highest BCUT2D eigenvalue weighted by molar-refractivity contribution is 6.15. The van der Waals surface area contributed by atoms with E-state index in [0.29, 0.717) is 11.3 Å². The van der Waals surface area contributed by atoms with Crippen molar-refractivity contribution >= 4 is 29.9 Å². The Morgan fingerprint density at radius 2 is 1.92 bits per heavy atom. The molecule has 1 aromatic rings. The number of urea groups is 1. The SMILES string of the molecule is COC(=O)CN1C(=O)N/C(=C/c2ccc(OCC(N)=O)cc2)C1=O. The Morgan fingerprint density at radius 1 is 1.25 bits per heavy atom. The van der Waals surface area contributed by atoms with Crippen LogP contribution < -0.4 is 15.8 Å². The van der Waals surface area contributed by atoms with Crippen molar-refractivity contribution < 1.29 is 28.7 Å². The van der Waals surface area contributed by atoms with Gasteiger partial charge in [0.25, 0.3) is 11.8 Å². The van der Waals surface area contributed by atoms with E-state index in [2.05, 4.69) is 10.1 Å². The summed E-state index contributed by atoms with van der Waals surface area (Å²) in [5.41, 5.74) is 5.63. The zero-order valence-corrected chi connectivity index (χ0v) is 12.8. The van der Waals surface area contributed by atoms with Crippen LogP contribution in [0.4, 0.5) is 4.79 Å². The van der Waals surface area contributed by atoms with Crippen LogP contribution in [0.5, 0.6) is 5.75 Å². The number of hydrogen-bond acceptors (Lipinski definition) is 6. The second kappa shape index (κ2) is 7.27. The fraction of sp³-hybridized carbons (Fsp3) is 0.200. The Labute approximate surface area is 137 Å². The number of carbonyl (C=O) groups is 4. The first kappa shape index (κ1) is 17.0. The third kappa shape index (κ3) is 4.09. The van der Waals surface area contributed by atoms with Gasteiger partial charge in [-0.2, -0.15) is 0 Å². The highest BCUT2D eigenvalue weighted by Gasteiger charge is 2.35. The molecule has 3 N–H and O–H groups in total. The molecular weight excluding hydrogens is 318 g/mol. The van der Waals surface area contributed by atoms with Gasteiger partial charge in [0.15, 0.2) is 6.61 Å². The number of amides is 4. The second-order valence-corrected chi connectivity index (χ2v) is 4.78. The molecule has 0 unspecified atom stereocenters. The van der Waals surface area contributed by atoms with Crippen molar-refractivity contribution in [2.45, 2.75) is 0 Å². The molecule has 0 aliphatic carbocycles. The first-order valence-corrected chi connectivity index (χ1v) is 6.83. The summed E-state index contributed by atoms with van der Waals surface area (Å²) in [4.78, 5) is 46.4. The van der Waals surface area contributed by atoms with E-state index in [0.717, 1.165) is 4.90 Å². The number of methoxy groups -OCH3 is 1. The molecule has 0 spiro atoms. The molecule has 126 valence electrons. The van der Waals surface area contributed by atoms with Crippen LogP contribution >= 0.6 is 0 Å². The van der Waals surface area contributed by atoms with Gasteiger partial charge in [-0.25, -0.2) is 9.69 Å². The van der Waals surface area contributed by atoms with Crippen LogP contribution in [0, 0.1) is 0 Å². The van der Waals surface area contributed by atoms with Crippen molar-refractivity contribution in [1.29, 1.82) is 0 Å². The Kier molecular flexibility index (Phi) is 5.15. The maximum atomic E-state index is 12.1. The zero-order chi connectivity index (χ0) is 17.7. The van der Waals surface area contributed by atoms with Gasteiger partial charge in [0.05, 0.1) is 7.11 Å². The lowest BCUT2D eigenvalue weighted by Gasteiger charge is -2.09. The normalized spacial score (nSPS) is 15.4. The average Bonchev–Trinajstić information content (AvgIpc) is 2.81. The van der Waals surface area contributed by atoms with Crippen molar-refractivity contribution in [3.63, 3.8) is 0 Å². The molecule has 24 heavy (non-hydrogen) atoms. The Morgan fingerprint density at radius 3 is 2.50 bits per heavy atom. The molecule has 9 nitrogen and oxygen atoms in total. The lowest BCUT2D eigenvalue weighted by atomic mass is 10.2. The lowest BCUT2D eigenvalue weighted by molar-refractivity contribution is -0.143. The standard InChI is InChI=1S/C15H15N3O6/c1-23-13(20)7-18-14(21)11(17-15(18)22)6-9-2-4-10(5-3-9)24-8-12(16)19/h2-6H,7-8H2,1H3,(H2,16,19)(H,17,22)/b11-6+. The van der Waals surface area contributed by atoms with E-state index < -0.39 is 30.4 Å². The molecule has 1 heterocycles. The van der Waals surface area contributed by atoms with Crippen LogP contribution in [0.3, 0.4) is 0 Å². The van der Waals surface area contributed by atoms with Gasteiger partial charge < -0.3 is 20.5 Å². The van der Waals surface area contributed by atoms with E-state index in [4.69, 9.17) is 10.5 Å². The van der Waals surface area contributed by atoms with E-state index in [1.54, 1.807) is 24.3 Å². The first-order valence-electron chi connectivity index (χ1n) is 6.83. The maximum Gasteiger partial charge on any atom is 0.329 e. The predicted molar refractivity (Wildman–Crippen MR) is 81.4 cm³/mol. The summed E-state index contributed by atoms with van der Waals surface area (Å²) in [6.45, 7) is -0.699. The Bertz CT molecular complexity index is 710. The van der Waals surface area contributed by atoms with Gasteiger partial charge in [-0.15, -0.1) is 0 Å². The van der Waals surface area contributed by atoms with Crippen LogP contribution in [-0.4, -0.2) is 49.0 Å². The van der Waals surface area contributed by atoms with Gasteiger partial charge in [-0.1, -0.05) is 12.1 Å². The highest BCUT2D eigenvalue weighted by Crippen LogP contribution is 2.17. The quantitative estimate of drug-likeness (QED) is 0.415. The average molecular weight is 333 g/mol. The summed E-state index contributed by atoms with van der Waals surface area (Å²) >= 11 is 0. The highest BCUT2D eigenvalue weighted by atomic mass is 16.5. The van der Waals surface area contributed by atoms with E-state index in [-0.39, 0.29) is 12.3 Å². The summed E-state index contributed by atoms with van der Waals surface area (Å²) in [6.07, 6.45) is 1.45. The molecule has 2 rings (SSSR count). The van der Waals surface area contributed by atoms with Crippen LogP contribution in [0.1, 0.15) is 5.56 Å². The predicted octanol–water partition coefficient (Wildman–Crippen LogP) is -0.384. The summed E-state index contributed by atoms with van der Waals surface area (Å²) in [6, 6.07) is 5.74. The minimum Gasteiger partial charge on any atom is -0.484 e. The number of imide groups is 1. The summed E-state index contributed by atoms with van der Waals surface area (Å²) in [5, 5.41) is 2.38. The zero-order valence-electron chi connectivity index (χ0n) is 12.8. The number of primary amides is 1. The van der Waals surface area contributed by atoms with Gasteiger partial charge in [-0.05, 0) is 23.8 Å². The van der Waals surface area contributed by atoms with Gasteiger partial charge in [0.2, 0.25) is 0 Å². The van der Waals surface area contributed by atoms with Crippen LogP contribution in [-0.2, 0) is 19.1 Å². The van der Waals surface area contributed by atoms with Crippen molar-refractivity contribution in [3.8, 4) is 5.75 Å². The fourth-order valence-corrected chi connectivity index (χ4v) is 1.89. The fourth-order valence-electron chi connectivity index (χ4n) is 1.89. The molecule has 0 aromatic heterocycles. The molecule has 1 fully saturated rings. The molecule has 9 heteroatoms. The topological polar surface area (TPSA) is 128 Å². The Hall–Kier alpha value is -3.36. The molecular formula is C15H15N3O6. The molecule has 0 saturated carbocycles. The number of rotatable bonds is 6. The van der Waals surface area contributed by atoms with E-state index in [1.165, 1.54) is 13.2 Å². The van der Waals surface area contributed by atoms with Gasteiger partial charge in [-0.3, -0.25) is 14.4 Å². The molecule has 0 radical (unpaired) electrons. The monoisotopic (exact) mass is 333 g/mol. The van der Waals surface area contributed by atoms with Gasteiger partial charge >= 0.3 is 12.0 Å². The van der Waals surface area contributed by atoms with E-state index >= 15 is 0 Å². The number of nitrogens with two attached hydrogens (primary N) is 1. The van der Waals surface area contributed by atoms with E-state index in [9.17, 15) is 19.2 Å². The number of nitrogens with one attached hydrogen (secondary N) is 1. The molecule has 0 atom stereocenters. The summed E-state index contributed by atoms with van der Waals surface area (Å²) in [5.74, 6) is -1.48. The number of esters is 1. The Balaban J connectivity index is 2.08. The molecule has 0 bridgehead atoms. The van der Waals surface area contributed by atoms with Crippen LogP contribution in [0.25, 0.3) is 6.08 Å². The van der Waals surface area contributed by atoms with Crippen molar-refractivity contribution in [2.75, 3.05) is 20.3 Å². The van der Waals surface area contributed by atoms with Crippen molar-refractivity contribution in [3.05, 3.63) is 35.5 Å². The minimum absolute atomic E-state index is 0.0368. The smallest absolute Gasteiger partial charge is 0.329 e. The number of ether oxygens (including phenoxy) is 2. The minimum atomic E-state index is -0.698. The van der Waals surface area contributed by atoms with E-state index in [1.807, 2.05) is 0 Å². The van der Waals surface area contributed by atoms with Crippen molar-refractivity contribution in [1.82, 2.24) is 10.2 Å². The van der Waals surface area contributed by atoms with Crippen LogP contribution in [0.2, 0.25) is 0 Å². The second-order valence-electron chi connectivity index (χ2n) is 4.78. The summed E-state index contributed by atoms with van der Waals surface area (Å²) in [7, 11) is 1.17. The van der Waals surface area contributed by atoms with Gasteiger partial charge in [0.1, 0.15) is 18.0 Å². The molecule has 1 saturated heterocycles. The molecule has 4 amide bonds.